The number of esters is 1. The quantitative estimate of drug-likeness (QED) is 0.626. The molecule has 2 unspecified atom stereocenters. The molecule has 0 amide bonds. The van der Waals surface area contributed by atoms with E-state index in [0.717, 1.165) is 5.56 Å². The van der Waals surface area contributed by atoms with Gasteiger partial charge in [-0.25, -0.2) is 4.79 Å². The van der Waals surface area contributed by atoms with Crippen molar-refractivity contribution in [1.29, 1.82) is 0 Å². The molecule has 0 aliphatic heterocycles. The molecule has 0 aliphatic carbocycles. The third-order valence-electron chi connectivity index (χ3n) is 3.96. The van der Waals surface area contributed by atoms with Crippen LogP contribution in [0.4, 0.5) is 0 Å². The third-order valence-corrected chi connectivity index (χ3v) is 3.96. The molecule has 0 fully saturated rings. The first-order chi connectivity index (χ1) is 11.6. The molecule has 0 aromatic heterocycles. The van der Waals surface area contributed by atoms with E-state index in [2.05, 4.69) is 6.58 Å². The number of carbonyl (C=O) groups is 1. The lowest BCUT2D eigenvalue weighted by Crippen LogP contribution is -2.42. The van der Waals surface area contributed by atoms with Crippen molar-refractivity contribution < 1.29 is 19.4 Å². The molecule has 0 radical (unpaired) electrons. The number of hydrogen-bond acceptors (Lipinski definition) is 4. The van der Waals surface area contributed by atoms with E-state index >= 15 is 0 Å². The van der Waals surface area contributed by atoms with Crippen LogP contribution in [0, 0.1) is 0 Å². The fourth-order valence-corrected chi connectivity index (χ4v) is 2.72. The molecular weight excluding hydrogens is 304 g/mol. The van der Waals surface area contributed by atoms with Crippen LogP contribution < -0.4 is 4.74 Å². The SMILES string of the molecule is C=CC(c1ccccc1)C(O)(C(=O)OCC)c1ccc(OC)cc1. The Kier molecular flexibility index (Phi) is 5.77. The highest BCUT2D eigenvalue weighted by Gasteiger charge is 2.46. The fourth-order valence-electron chi connectivity index (χ4n) is 2.72. The van der Waals surface area contributed by atoms with E-state index in [-0.39, 0.29) is 6.61 Å². The highest BCUT2D eigenvalue weighted by atomic mass is 16.5. The summed E-state index contributed by atoms with van der Waals surface area (Å²) in [4.78, 5) is 12.6. The predicted octanol–water partition coefficient (Wildman–Crippen LogP) is 3.42. The molecule has 0 saturated heterocycles. The summed E-state index contributed by atoms with van der Waals surface area (Å²) in [6.07, 6.45) is 1.57. The van der Waals surface area contributed by atoms with Gasteiger partial charge in [-0.05, 0) is 30.2 Å². The van der Waals surface area contributed by atoms with Crippen LogP contribution in [0.3, 0.4) is 0 Å². The van der Waals surface area contributed by atoms with Crippen LogP contribution in [-0.2, 0) is 15.1 Å². The fraction of sp³-hybridized carbons (Fsp3) is 0.250. The van der Waals surface area contributed by atoms with Gasteiger partial charge >= 0.3 is 5.97 Å². The summed E-state index contributed by atoms with van der Waals surface area (Å²) in [5.41, 5.74) is -0.667. The van der Waals surface area contributed by atoms with Crippen LogP contribution in [-0.4, -0.2) is 24.8 Å². The van der Waals surface area contributed by atoms with Crippen molar-refractivity contribution in [3.05, 3.63) is 78.4 Å². The lowest BCUT2D eigenvalue weighted by molar-refractivity contribution is -0.168. The van der Waals surface area contributed by atoms with Gasteiger partial charge in [0.25, 0.3) is 0 Å². The minimum absolute atomic E-state index is 0.177. The van der Waals surface area contributed by atoms with Crippen molar-refractivity contribution >= 4 is 5.97 Å². The maximum atomic E-state index is 12.6. The normalized spacial score (nSPS) is 14.3. The molecule has 24 heavy (non-hydrogen) atoms. The van der Waals surface area contributed by atoms with E-state index in [4.69, 9.17) is 9.47 Å². The Morgan fingerprint density at radius 3 is 2.33 bits per heavy atom. The van der Waals surface area contributed by atoms with E-state index < -0.39 is 17.5 Å². The molecule has 2 aromatic carbocycles. The minimum atomic E-state index is -1.87. The Hall–Kier alpha value is -2.59. The van der Waals surface area contributed by atoms with Crippen molar-refractivity contribution in [1.82, 2.24) is 0 Å². The second kappa shape index (κ2) is 7.79. The summed E-state index contributed by atoms with van der Waals surface area (Å²) in [6, 6.07) is 16.0. The van der Waals surface area contributed by atoms with Gasteiger partial charge in [0.1, 0.15) is 5.75 Å². The summed E-state index contributed by atoms with van der Waals surface area (Å²) in [6.45, 7) is 5.70. The zero-order valence-corrected chi connectivity index (χ0v) is 13.9. The molecule has 2 aromatic rings. The Balaban J connectivity index is 2.56. The Bertz CT molecular complexity index is 679. The lowest BCUT2D eigenvalue weighted by Gasteiger charge is -2.33. The highest BCUT2D eigenvalue weighted by Crippen LogP contribution is 2.39. The maximum absolute atomic E-state index is 12.6. The maximum Gasteiger partial charge on any atom is 0.343 e. The highest BCUT2D eigenvalue weighted by molar-refractivity contribution is 5.83. The molecule has 0 aliphatic rings. The largest absolute Gasteiger partial charge is 0.497 e. The summed E-state index contributed by atoms with van der Waals surface area (Å²) in [5.74, 6) is -0.713. The van der Waals surface area contributed by atoms with Crippen LogP contribution in [0.25, 0.3) is 0 Å². The number of ether oxygens (including phenoxy) is 2. The van der Waals surface area contributed by atoms with Gasteiger partial charge in [-0.2, -0.15) is 0 Å². The van der Waals surface area contributed by atoms with Crippen molar-refractivity contribution in [3.8, 4) is 5.75 Å². The predicted molar refractivity (Wildman–Crippen MR) is 92.9 cm³/mol. The zero-order chi connectivity index (χ0) is 17.6. The minimum Gasteiger partial charge on any atom is -0.497 e. The van der Waals surface area contributed by atoms with E-state index in [1.54, 1.807) is 44.4 Å². The lowest BCUT2D eigenvalue weighted by atomic mass is 9.77. The summed E-state index contributed by atoms with van der Waals surface area (Å²) in [5, 5.41) is 11.4. The summed E-state index contributed by atoms with van der Waals surface area (Å²) in [7, 11) is 1.56. The van der Waals surface area contributed by atoms with Crippen molar-refractivity contribution in [2.45, 2.75) is 18.4 Å². The monoisotopic (exact) mass is 326 g/mol. The molecule has 4 nitrogen and oxygen atoms in total. The molecule has 0 saturated carbocycles. The molecule has 1 N–H and O–H groups in total. The molecule has 126 valence electrons. The molecule has 0 bridgehead atoms. The molecule has 4 heteroatoms. The number of rotatable bonds is 7. The van der Waals surface area contributed by atoms with Gasteiger partial charge in [-0.3, -0.25) is 0 Å². The van der Waals surface area contributed by atoms with Crippen LogP contribution >= 0.6 is 0 Å². The van der Waals surface area contributed by atoms with Gasteiger partial charge < -0.3 is 14.6 Å². The van der Waals surface area contributed by atoms with E-state index in [1.165, 1.54) is 0 Å². The Morgan fingerprint density at radius 2 is 1.83 bits per heavy atom. The van der Waals surface area contributed by atoms with Crippen LogP contribution in [0.15, 0.2) is 67.3 Å². The molecular formula is C20H22O4. The van der Waals surface area contributed by atoms with Gasteiger partial charge in [0.15, 0.2) is 5.60 Å². The Morgan fingerprint density at radius 1 is 1.21 bits per heavy atom. The number of aliphatic hydroxyl groups is 1. The molecule has 0 spiro atoms. The van der Waals surface area contributed by atoms with Gasteiger partial charge in [0.05, 0.1) is 13.7 Å². The second-order valence-corrected chi connectivity index (χ2v) is 5.34. The van der Waals surface area contributed by atoms with Crippen LogP contribution in [0.1, 0.15) is 24.0 Å². The van der Waals surface area contributed by atoms with Crippen LogP contribution in [0.2, 0.25) is 0 Å². The third kappa shape index (κ3) is 3.34. The average Bonchev–Trinajstić information content (AvgIpc) is 2.63. The Labute approximate surface area is 142 Å². The summed E-state index contributed by atoms with van der Waals surface area (Å²) >= 11 is 0. The first-order valence-corrected chi connectivity index (χ1v) is 7.79. The average molecular weight is 326 g/mol. The van der Waals surface area contributed by atoms with Gasteiger partial charge in [0.2, 0.25) is 0 Å². The number of benzene rings is 2. The number of carbonyl (C=O) groups excluding carboxylic acids is 1. The van der Waals surface area contributed by atoms with E-state index in [1.807, 2.05) is 30.3 Å². The standard InChI is InChI=1S/C20H22O4/c1-4-18(15-9-7-6-8-10-15)20(22,19(21)24-5-2)16-11-13-17(23-3)14-12-16/h4,6-14,18,22H,1,5H2,2-3H3. The van der Waals surface area contributed by atoms with Gasteiger partial charge in [0, 0.05) is 5.92 Å². The number of hydrogen-bond donors (Lipinski definition) is 1. The first kappa shape index (κ1) is 17.8. The smallest absolute Gasteiger partial charge is 0.343 e. The van der Waals surface area contributed by atoms with Crippen molar-refractivity contribution in [3.63, 3.8) is 0 Å². The van der Waals surface area contributed by atoms with Crippen molar-refractivity contribution in [2.24, 2.45) is 0 Å². The van der Waals surface area contributed by atoms with E-state index in [0.29, 0.717) is 11.3 Å². The molecule has 2 rings (SSSR count). The van der Waals surface area contributed by atoms with E-state index in [9.17, 15) is 9.90 Å². The van der Waals surface area contributed by atoms with Crippen molar-refractivity contribution in [2.75, 3.05) is 13.7 Å². The molecule has 0 heterocycles. The summed E-state index contributed by atoms with van der Waals surface area (Å²) < 4.78 is 10.3. The van der Waals surface area contributed by atoms with Crippen LogP contribution in [0.5, 0.6) is 5.75 Å². The van der Waals surface area contributed by atoms with Gasteiger partial charge in [-0.15, -0.1) is 6.58 Å². The second-order valence-electron chi connectivity index (χ2n) is 5.34. The van der Waals surface area contributed by atoms with Gasteiger partial charge in [-0.1, -0.05) is 48.5 Å². The number of methoxy groups -OCH3 is 1. The first-order valence-electron chi connectivity index (χ1n) is 7.79. The molecule has 2 atom stereocenters. The zero-order valence-electron chi connectivity index (χ0n) is 13.9. The topological polar surface area (TPSA) is 55.8 Å².